The van der Waals surface area contributed by atoms with Crippen molar-refractivity contribution >= 4 is 86.9 Å². The average molecular weight is 777 g/mol. The van der Waals surface area contributed by atoms with Gasteiger partial charge in [-0.15, -0.1) is 34.0 Å². The van der Waals surface area contributed by atoms with Gasteiger partial charge in [-0.05, 0) is 92.0 Å². The Morgan fingerprint density at radius 2 is 0.852 bits per heavy atom. The second kappa shape index (κ2) is 14.9. The Morgan fingerprint density at radius 3 is 1.37 bits per heavy atom. The molecule has 0 spiro atoms. The molecule has 0 aliphatic carbocycles. The van der Waals surface area contributed by atoms with E-state index in [0.29, 0.717) is 11.3 Å². The molecule has 0 bridgehead atoms. The van der Waals surface area contributed by atoms with E-state index in [4.69, 9.17) is 0 Å². The monoisotopic (exact) mass is 776 g/mol. The van der Waals surface area contributed by atoms with Crippen molar-refractivity contribution in [3.63, 3.8) is 0 Å². The second-order valence-corrected chi connectivity index (χ2v) is 19.4. The fourth-order valence-corrected chi connectivity index (χ4v) is 13.4. The normalized spacial score (nSPS) is 12.1. The summed E-state index contributed by atoms with van der Waals surface area (Å²) >= 11 is 5.06. The maximum atomic E-state index is 14.3. The van der Waals surface area contributed by atoms with Crippen LogP contribution in [0.15, 0.2) is 144 Å². The molecule has 0 aliphatic rings. The third-order valence-electron chi connectivity index (χ3n) is 10.5. The molecule has 0 saturated carbocycles. The van der Waals surface area contributed by atoms with Crippen molar-refractivity contribution in [2.75, 3.05) is 5.75 Å². The van der Waals surface area contributed by atoms with Gasteiger partial charge in [0, 0.05) is 35.5 Å². The molecule has 3 heterocycles. The van der Waals surface area contributed by atoms with Gasteiger partial charge in [-0.1, -0.05) is 136 Å². The van der Waals surface area contributed by atoms with Crippen molar-refractivity contribution in [2.45, 2.75) is 50.3 Å². The summed E-state index contributed by atoms with van der Waals surface area (Å²) < 4.78 is 28.6. The minimum atomic E-state index is -3.52. The van der Waals surface area contributed by atoms with E-state index >= 15 is 0 Å². The first-order valence-electron chi connectivity index (χ1n) is 18.9. The Hall–Kier alpha value is -4.59. The predicted molar refractivity (Wildman–Crippen MR) is 237 cm³/mol. The smallest absolute Gasteiger partial charge is 0.179 e. The van der Waals surface area contributed by atoms with E-state index in [9.17, 15) is 8.42 Å². The minimum Gasteiger partial charge on any atom is -0.224 e. The van der Waals surface area contributed by atoms with Crippen LogP contribution in [0.3, 0.4) is 0 Å². The first-order valence-corrected chi connectivity index (χ1v) is 23.0. The highest BCUT2D eigenvalue weighted by Crippen LogP contribution is 2.49. The average Bonchev–Trinajstić information content (AvgIpc) is 3.98. The molecule has 0 N–H and O–H groups in total. The van der Waals surface area contributed by atoms with E-state index in [1.807, 2.05) is 6.07 Å². The lowest BCUT2D eigenvalue weighted by Gasteiger charge is -2.10. The zero-order valence-corrected chi connectivity index (χ0v) is 33.4. The summed E-state index contributed by atoms with van der Waals surface area (Å²) in [5.41, 5.74) is 2.44. The summed E-state index contributed by atoms with van der Waals surface area (Å²) in [4.78, 5) is 6.74. The number of hydrogen-bond acceptors (Lipinski definition) is 5. The largest absolute Gasteiger partial charge is 0.224 e. The SMILES string of the molecule is CCCCCCCCS(=O)(=O)c1cc(-c2ccc(-c3c4ccccc4cc4ccccc34)s2)sc1-c1ccc(-c2c3ccccc3cc3ccccc23)s1. The summed E-state index contributed by atoms with van der Waals surface area (Å²) in [6, 6.07) is 49.5. The first kappa shape index (κ1) is 35.1. The quantitative estimate of drug-likeness (QED) is 0.0915. The van der Waals surface area contributed by atoms with Gasteiger partial charge in [0.1, 0.15) is 0 Å². The van der Waals surface area contributed by atoms with E-state index in [0.717, 1.165) is 43.6 Å². The Morgan fingerprint density at radius 1 is 0.426 bits per heavy atom. The number of fused-ring (bicyclic) bond motifs is 4. The Bertz CT molecular complexity index is 2800. The molecule has 6 heteroatoms. The Balaban J connectivity index is 1.15. The number of hydrogen-bond donors (Lipinski definition) is 0. The van der Waals surface area contributed by atoms with Gasteiger partial charge in [0.2, 0.25) is 0 Å². The highest BCUT2D eigenvalue weighted by atomic mass is 32.2. The topological polar surface area (TPSA) is 34.1 Å². The molecule has 268 valence electrons. The molecule has 9 aromatic rings. The van der Waals surface area contributed by atoms with Gasteiger partial charge < -0.3 is 0 Å². The van der Waals surface area contributed by atoms with Crippen LogP contribution in [0.4, 0.5) is 0 Å². The molecule has 0 saturated heterocycles. The second-order valence-electron chi connectivity index (χ2n) is 14.1. The summed E-state index contributed by atoms with van der Waals surface area (Å²) in [7, 11) is -3.52. The van der Waals surface area contributed by atoms with Crippen LogP contribution in [-0.4, -0.2) is 14.2 Å². The third kappa shape index (κ3) is 6.60. The molecule has 0 atom stereocenters. The molecule has 0 radical (unpaired) electrons. The van der Waals surface area contributed by atoms with Crippen LogP contribution in [-0.2, 0) is 9.84 Å². The van der Waals surface area contributed by atoms with Crippen LogP contribution >= 0.6 is 34.0 Å². The van der Waals surface area contributed by atoms with Gasteiger partial charge in [0.05, 0.1) is 15.5 Å². The predicted octanol–water partition coefficient (Wildman–Crippen LogP) is 15.3. The Kier molecular flexibility index (Phi) is 9.70. The van der Waals surface area contributed by atoms with Crippen molar-refractivity contribution in [3.8, 4) is 40.4 Å². The Labute approximate surface area is 329 Å². The van der Waals surface area contributed by atoms with Crippen LogP contribution in [0.1, 0.15) is 45.4 Å². The molecule has 2 nitrogen and oxygen atoms in total. The number of thiophene rings is 3. The third-order valence-corrected chi connectivity index (χ3v) is 16.2. The number of unbranched alkanes of at least 4 members (excludes halogenated alkanes) is 5. The van der Waals surface area contributed by atoms with E-state index in [-0.39, 0.29) is 5.75 Å². The van der Waals surface area contributed by atoms with Crippen LogP contribution in [0.25, 0.3) is 83.5 Å². The molecule has 0 fully saturated rings. The standard InChI is InChI=1S/C48H40O2S4/c1-2-3-4-5-6-15-28-54(49,50)45-31-44(40-24-25-41(51-40)46-36-20-11-7-16-32(36)29-33-17-8-12-21-37(33)46)53-48(45)43-27-26-42(52-43)47-38-22-13-9-18-34(38)30-35-19-10-14-23-39(35)47/h7-14,16-27,29-31H,2-6,15,28H2,1H3. The van der Waals surface area contributed by atoms with Crippen molar-refractivity contribution in [2.24, 2.45) is 0 Å². The lowest BCUT2D eigenvalue weighted by Crippen LogP contribution is -2.06. The van der Waals surface area contributed by atoms with Gasteiger partial charge in [-0.2, -0.15) is 0 Å². The van der Waals surface area contributed by atoms with Gasteiger partial charge in [-0.3, -0.25) is 0 Å². The van der Waals surface area contributed by atoms with Crippen molar-refractivity contribution < 1.29 is 8.42 Å². The molecule has 9 rings (SSSR count). The van der Waals surface area contributed by atoms with E-state index in [1.54, 1.807) is 34.0 Å². The van der Waals surface area contributed by atoms with E-state index in [1.165, 1.54) is 71.9 Å². The van der Waals surface area contributed by atoms with E-state index < -0.39 is 9.84 Å². The molecular weight excluding hydrogens is 737 g/mol. The summed E-state index contributed by atoms with van der Waals surface area (Å²) in [5, 5.41) is 9.71. The van der Waals surface area contributed by atoms with E-state index in [2.05, 4.69) is 140 Å². The summed E-state index contributed by atoms with van der Waals surface area (Å²) in [6.45, 7) is 2.21. The van der Waals surface area contributed by atoms with Crippen molar-refractivity contribution in [1.82, 2.24) is 0 Å². The van der Waals surface area contributed by atoms with Gasteiger partial charge in [-0.25, -0.2) is 8.42 Å². The number of sulfone groups is 1. The first-order chi connectivity index (χ1) is 26.5. The van der Waals surface area contributed by atoms with Crippen LogP contribution < -0.4 is 0 Å². The van der Waals surface area contributed by atoms with Gasteiger partial charge in [0.15, 0.2) is 9.84 Å². The van der Waals surface area contributed by atoms with Crippen LogP contribution in [0, 0.1) is 0 Å². The molecule has 0 amide bonds. The molecule has 0 unspecified atom stereocenters. The molecular formula is C48H40O2S4. The minimum absolute atomic E-state index is 0.173. The zero-order valence-electron chi connectivity index (χ0n) is 30.2. The number of benzene rings is 6. The summed E-state index contributed by atoms with van der Waals surface area (Å²) in [6.07, 6.45) is 6.26. The maximum absolute atomic E-state index is 14.3. The lowest BCUT2D eigenvalue weighted by molar-refractivity contribution is 0.584. The lowest BCUT2D eigenvalue weighted by atomic mass is 9.96. The molecule has 6 aromatic carbocycles. The highest BCUT2D eigenvalue weighted by Gasteiger charge is 2.26. The van der Waals surface area contributed by atoms with Crippen molar-refractivity contribution in [3.05, 3.63) is 140 Å². The fraction of sp³-hybridized carbons (Fsp3) is 0.167. The molecule has 54 heavy (non-hydrogen) atoms. The highest BCUT2D eigenvalue weighted by molar-refractivity contribution is 7.91. The molecule has 3 aromatic heterocycles. The van der Waals surface area contributed by atoms with Gasteiger partial charge in [0.25, 0.3) is 0 Å². The van der Waals surface area contributed by atoms with Gasteiger partial charge >= 0.3 is 0 Å². The van der Waals surface area contributed by atoms with Crippen LogP contribution in [0.5, 0.6) is 0 Å². The fourth-order valence-electron chi connectivity index (χ4n) is 7.84. The summed E-state index contributed by atoms with van der Waals surface area (Å²) in [5.74, 6) is 0.173. The zero-order chi connectivity index (χ0) is 36.6. The van der Waals surface area contributed by atoms with Crippen molar-refractivity contribution in [1.29, 1.82) is 0 Å². The van der Waals surface area contributed by atoms with Crippen LogP contribution in [0.2, 0.25) is 0 Å². The number of rotatable bonds is 12. The maximum Gasteiger partial charge on any atom is 0.179 e. The molecule has 0 aliphatic heterocycles.